The van der Waals surface area contributed by atoms with Crippen molar-refractivity contribution < 1.29 is 0 Å². The van der Waals surface area contributed by atoms with E-state index in [1.165, 1.54) is 18.5 Å². The summed E-state index contributed by atoms with van der Waals surface area (Å²) in [7, 11) is 15.0. The topological polar surface area (TPSA) is 0 Å². The normalized spacial score (nSPS) is 9.82. The zero-order valence-corrected chi connectivity index (χ0v) is 11.8. The van der Waals surface area contributed by atoms with Gasteiger partial charge in [0.25, 0.3) is 0 Å². The van der Waals surface area contributed by atoms with Crippen molar-refractivity contribution in [3.8, 4) is 0 Å². The lowest BCUT2D eigenvalue weighted by molar-refractivity contribution is 1.35. The van der Waals surface area contributed by atoms with Crippen LogP contribution >= 0.6 is 38.1 Å². The van der Waals surface area contributed by atoms with E-state index < -0.39 is 11.4 Å². The Labute approximate surface area is 88.3 Å². The maximum Gasteiger partial charge on any atom is 0.311 e. The molecule has 0 saturated carbocycles. The van der Waals surface area contributed by atoms with Crippen LogP contribution in [0.5, 0.6) is 0 Å². The van der Waals surface area contributed by atoms with Gasteiger partial charge in [-0.3, -0.25) is 0 Å². The first-order chi connectivity index (χ1) is 5.08. The lowest BCUT2D eigenvalue weighted by Crippen LogP contribution is -1.83. The summed E-state index contributed by atoms with van der Waals surface area (Å²) in [5.41, 5.74) is 0. The van der Waals surface area contributed by atoms with E-state index >= 15 is 0 Å². The number of hydrogen-bond donors (Lipinski definition) is 0. The lowest BCUT2D eigenvalue weighted by atomic mass is 10.9. The van der Waals surface area contributed by atoms with Crippen LogP contribution in [0, 0.1) is 0 Å². The van der Waals surface area contributed by atoms with Crippen LogP contribution in [0.1, 0.15) is 20.8 Å². The second-order valence-electron chi connectivity index (χ2n) is 2.06. The summed E-state index contributed by atoms with van der Waals surface area (Å²) in [5.74, 6) is 0. The number of rotatable bonds is 3. The molecule has 5 heteroatoms. The van der Waals surface area contributed by atoms with Crippen LogP contribution in [-0.2, 0) is 0 Å². The van der Waals surface area contributed by atoms with E-state index in [4.69, 9.17) is 30.1 Å². The molecule has 11 heavy (non-hydrogen) atoms. The molecule has 1 radical (unpaired) electrons. The Morgan fingerprint density at radius 3 is 1.09 bits per heavy atom. The van der Waals surface area contributed by atoms with Crippen molar-refractivity contribution in [2.45, 2.75) is 20.8 Å². The molecule has 0 bridgehead atoms. The first kappa shape index (κ1) is 15.3. The maximum absolute atomic E-state index is 4.94. The molecule has 0 saturated heterocycles. The van der Waals surface area contributed by atoms with Crippen molar-refractivity contribution >= 4 is 49.5 Å². The second kappa shape index (κ2) is 11.8. The van der Waals surface area contributed by atoms with E-state index in [1.54, 1.807) is 0 Å². The van der Waals surface area contributed by atoms with E-state index in [9.17, 15) is 0 Å². The summed E-state index contributed by atoms with van der Waals surface area (Å²) < 4.78 is 0. The molecule has 0 spiro atoms. The van der Waals surface area contributed by atoms with Gasteiger partial charge in [0.15, 0.2) is 0 Å². The van der Waals surface area contributed by atoms with Crippen molar-refractivity contribution in [1.82, 2.24) is 0 Å². The third-order valence-electron chi connectivity index (χ3n) is 1.50. The highest BCUT2D eigenvalue weighted by molar-refractivity contribution is 7.57. The van der Waals surface area contributed by atoms with Gasteiger partial charge in [0.2, 0.25) is 0 Å². The number of halogens is 3. The Balaban J connectivity index is 0. The molecular formula is C6H16AlCl3P. The van der Waals surface area contributed by atoms with E-state index in [1.807, 2.05) is 0 Å². The highest BCUT2D eigenvalue weighted by Gasteiger charge is 2.03. The minimum Gasteiger partial charge on any atom is -0.437 e. The van der Waals surface area contributed by atoms with Crippen molar-refractivity contribution in [2.75, 3.05) is 18.5 Å². The molecule has 0 N–H and O–H groups in total. The van der Waals surface area contributed by atoms with Gasteiger partial charge in [0.1, 0.15) is 0 Å². The molecule has 0 aromatic heterocycles. The van der Waals surface area contributed by atoms with Gasteiger partial charge in [0.05, 0.1) is 18.5 Å². The Kier molecular flexibility index (Phi) is 16.5. The molecule has 0 aliphatic heterocycles. The molecule has 0 aromatic carbocycles. The second-order valence-corrected chi connectivity index (χ2v) is 12.1. The quantitative estimate of drug-likeness (QED) is 0.527. The van der Waals surface area contributed by atoms with Gasteiger partial charge >= 0.3 is 11.4 Å². The highest BCUT2D eigenvalue weighted by Crippen LogP contribution is 2.32. The van der Waals surface area contributed by atoms with Gasteiger partial charge in [0, 0.05) is 0 Å². The fraction of sp³-hybridized carbons (Fsp3) is 1.00. The first-order valence-electron chi connectivity index (χ1n) is 3.84. The predicted molar refractivity (Wildman–Crippen MR) is 63.3 cm³/mol. The Bertz CT molecular complexity index is 60.6. The molecule has 0 aromatic rings. The summed E-state index contributed by atoms with van der Waals surface area (Å²) in [6.07, 6.45) is 4.37. The molecule has 0 atom stereocenters. The van der Waals surface area contributed by atoms with Gasteiger partial charge in [-0.25, -0.2) is 0 Å². The summed E-state index contributed by atoms with van der Waals surface area (Å²) >= 11 is -1.72. The summed E-state index contributed by atoms with van der Waals surface area (Å²) in [5, 5.41) is 0. The molecule has 0 nitrogen and oxygen atoms in total. The van der Waals surface area contributed by atoms with Crippen LogP contribution in [0.15, 0.2) is 0 Å². The van der Waals surface area contributed by atoms with E-state index in [-0.39, 0.29) is 7.92 Å². The average Bonchev–Trinajstić information content (AvgIpc) is 1.90. The van der Waals surface area contributed by atoms with Gasteiger partial charge < -0.3 is 30.1 Å². The molecule has 0 heterocycles. The Morgan fingerprint density at radius 1 is 0.909 bits per heavy atom. The first-order valence-corrected chi connectivity index (χ1v) is 11.2. The van der Waals surface area contributed by atoms with Crippen molar-refractivity contribution in [3.05, 3.63) is 0 Å². The molecule has 0 aliphatic rings. The van der Waals surface area contributed by atoms with Crippen LogP contribution in [0.4, 0.5) is 0 Å². The largest absolute Gasteiger partial charge is 0.437 e. The van der Waals surface area contributed by atoms with Crippen molar-refractivity contribution in [2.24, 2.45) is 0 Å². The van der Waals surface area contributed by atoms with Crippen LogP contribution in [-0.4, -0.2) is 29.9 Å². The van der Waals surface area contributed by atoms with Gasteiger partial charge in [-0.1, -0.05) is 0 Å². The number of hydrogen-bond acceptors (Lipinski definition) is 0. The van der Waals surface area contributed by atoms with Crippen LogP contribution in [0.3, 0.4) is 0 Å². The summed E-state index contributed by atoms with van der Waals surface area (Å²) in [6, 6.07) is 0. The molecule has 0 amide bonds. The fourth-order valence-electron chi connectivity index (χ4n) is 0.750. The highest BCUT2D eigenvalue weighted by atomic mass is 35.8. The summed E-state index contributed by atoms with van der Waals surface area (Å²) in [4.78, 5) is 0. The fourth-order valence-corrected chi connectivity index (χ4v) is 2.25. The Morgan fingerprint density at radius 2 is 1.09 bits per heavy atom. The molecular weight excluding hydrogens is 236 g/mol. The van der Waals surface area contributed by atoms with E-state index in [0.29, 0.717) is 0 Å². The lowest BCUT2D eigenvalue weighted by Gasteiger charge is -1.98. The Hall–Kier alpha value is 1.83. The minimum atomic E-state index is -1.72. The van der Waals surface area contributed by atoms with Gasteiger partial charge in [-0.15, -0.1) is 0 Å². The molecule has 69 valence electrons. The average molecular weight is 253 g/mol. The minimum absolute atomic E-state index is 0.137. The smallest absolute Gasteiger partial charge is 0.311 e. The van der Waals surface area contributed by atoms with Crippen LogP contribution < -0.4 is 0 Å². The maximum atomic E-state index is 4.94. The molecule has 0 unspecified atom stereocenters. The molecule has 0 fully saturated rings. The standard InChI is InChI=1S/C6H15P.Al.3ClH/c1-4-7(5-2)6-3;;;;/h4-6H2,1-3H3;;3*1H/q;+2;;;/p-2. The van der Waals surface area contributed by atoms with Crippen LogP contribution in [0.25, 0.3) is 0 Å². The third-order valence-corrected chi connectivity index (χ3v) is 4.50. The zero-order chi connectivity index (χ0) is 9.28. The summed E-state index contributed by atoms with van der Waals surface area (Å²) in [6.45, 7) is 6.92. The third kappa shape index (κ3) is 18.6. The van der Waals surface area contributed by atoms with Gasteiger partial charge in [-0.05, 0) is 28.7 Å². The molecule has 0 aliphatic carbocycles. The monoisotopic (exact) mass is 251 g/mol. The van der Waals surface area contributed by atoms with Crippen molar-refractivity contribution in [1.29, 1.82) is 0 Å². The van der Waals surface area contributed by atoms with E-state index in [0.717, 1.165) is 0 Å². The van der Waals surface area contributed by atoms with Crippen molar-refractivity contribution in [3.63, 3.8) is 0 Å². The van der Waals surface area contributed by atoms with E-state index in [2.05, 4.69) is 20.8 Å². The zero-order valence-electron chi connectivity index (χ0n) is 7.33. The molecule has 0 rings (SSSR count). The van der Waals surface area contributed by atoms with Crippen LogP contribution in [0.2, 0.25) is 0 Å². The van der Waals surface area contributed by atoms with Gasteiger partial charge in [-0.2, -0.15) is 0 Å². The predicted octanol–water partition coefficient (Wildman–Crippen LogP) is 3.95. The SMILES string of the molecule is CC[PH+](CC)CC.[Cl][Al-]([Cl])[Cl].